The monoisotopic (exact) mass is 276 g/mol. The molecule has 0 aliphatic heterocycles. The van der Waals surface area contributed by atoms with Gasteiger partial charge in [0.15, 0.2) is 0 Å². The van der Waals surface area contributed by atoms with E-state index in [4.69, 9.17) is 11.6 Å². The van der Waals surface area contributed by atoms with Crippen LogP contribution in [0.25, 0.3) is 0 Å². The molecule has 96 valence electrons. The fourth-order valence-electron chi connectivity index (χ4n) is 1.27. The van der Waals surface area contributed by atoms with Crippen molar-refractivity contribution in [3.05, 3.63) is 23.2 Å². The average molecular weight is 277 g/mol. The summed E-state index contributed by atoms with van der Waals surface area (Å²) >= 11 is 5.99. The van der Waals surface area contributed by atoms with Crippen molar-refractivity contribution >= 4 is 27.3 Å². The summed E-state index contributed by atoms with van der Waals surface area (Å²) < 4.78 is 25.0. The van der Waals surface area contributed by atoms with Crippen LogP contribution >= 0.6 is 11.6 Å². The fourth-order valence-corrected chi connectivity index (χ4v) is 2.38. The summed E-state index contributed by atoms with van der Waals surface area (Å²) in [6.07, 6.45) is 0.945. The maximum atomic E-state index is 11.9. The van der Waals surface area contributed by atoms with Gasteiger partial charge in [0, 0.05) is 20.6 Å². The summed E-state index contributed by atoms with van der Waals surface area (Å²) in [4.78, 5) is 0.241. The largest absolute Gasteiger partial charge is 0.384 e. The van der Waals surface area contributed by atoms with Crippen LogP contribution < -0.4 is 5.32 Å². The number of halogens is 1. The minimum absolute atomic E-state index is 0.241. The van der Waals surface area contributed by atoms with Crippen LogP contribution in [0.1, 0.15) is 13.3 Å². The fraction of sp³-hybridized carbons (Fsp3) is 0.455. The predicted molar refractivity (Wildman–Crippen MR) is 71.1 cm³/mol. The molecule has 1 aromatic carbocycles. The number of anilines is 1. The van der Waals surface area contributed by atoms with Gasteiger partial charge < -0.3 is 5.32 Å². The van der Waals surface area contributed by atoms with Gasteiger partial charge in [-0.1, -0.05) is 18.5 Å². The van der Waals surface area contributed by atoms with E-state index in [-0.39, 0.29) is 4.90 Å². The molecule has 0 atom stereocenters. The number of nitrogens with one attached hydrogen (secondary N) is 1. The zero-order chi connectivity index (χ0) is 13.1. The topological polar surface area (TPSA) is 49.4 Å². The maximum Gasteiger partial charge on any atom is 0.242 e. The van der Waals surface area contributed by atoms with Crippen molar-refractivity contribution < 1.29 is 8.42 Å². The third kappa shape index (κ3) is 3.34. The van der Waals surface area contributed by atoms with Crippen molar-refractivity contribution in [1.82, 2.24) is 4.31 Å². The second kappa shape index (κ2) is 5.71. The van der Waals surface area contributed by atoms with E-state index in [9.17, 15) is 8.42 Å². The Balaban J connectivity index is 3.13. The van der Waals surface area contributed by atoms with Gasteiger partial charge in [-0.2, -0.15) is 0 Å². The van der Waals surface area contributed by atoms with Crippen LogP contribution in [-0.4, -0.2) is 33.4 Å². The third-order valence-electron chi connectivity index (χ3n) is 2.28. The van der Waals surface area contributed by atoms with Crippen molar-refractivity contribution in [2.45, 2.75) is 18.2 Å². The van der Waals surface area contributed by atoms with Gasteiger partial charge in [0.2, 0.25) is 10.0 Å². The number of hydrogen-bond donors (Lipinski definition) is 1. The molecule has 17 heavy (non-hydrogen) atoms. The molecule has 0 aliphatic rings. The Kier molecular flexibility index (Phi) is 4.80. The molecule has 1 rings (SSSR count). The van der Waals surface area contributed by atoms with Crippen LogP contribution in [0.15, 0.2) is 23.1 Å². The van der Waals surface area contributed by atoms with Crippen molar-refractivity contribution in [3.8, 4) is 0 Å². The van der Waals surface area contributed by atoms with Gasteiger partial charge in [0.05, 0.1) is 15.6 Å². The first-order valence-electron chi connectivity index (χ1n) is 5.35. The summed E-state index contributed by atoms with van der Waals surface area (Å²) in [6.45, 7) is 2.78. The van der Waals surface area contributed by atoms with Crippen molar-refractivity contribution in [3.63, 3.8) is 0 Å². The minimum atomic E-state index is -3.41. The average Bonchev–Trinajstić information content (AvgIpc) is 2.27. The second-order valence-electron chi connectivity index (χ2n) is 3.86. The highest BCUT2D eigenvalue weighted by Crippen LogP contribution is 2.26. The van der Waals surface area contributed by atoms with E-state index < -0.39 is 10.0 Å². The molecule has 0 heterocycles. The van der Waals surface area contributed by atoms with Crippen LogP contribution in [0.3, 0.4) is 0 Å². The summed E-state index contributed by atoms with van der Waals surface area (Å²) in [5.74, 6) is 0. The number of hydrogen-bond acceptors (Lipinski definition) is 3. The van der Waals surface area contributed by atoms with Gasteiger partial charge in [0.1, 0.15) is 0 Å². The molecule has 6 heteroatoms. The van der Waals surface area contributed by atoms with Gasteiger partial charge >= 0.3 is 0 Å². The number of rotatable bonds is 5. The van der Waals surface area contributed by atoms with E-state index in [0.29, 0.717) is 10.7 Å². The first-order chi connectivity index (χ1) is 7.89. The molecule has 1 N–H and O–H groups in total. The van der Waals surface area contributed by atoms with Crippen LogP contribution in [0.4, 0.5) is 5.69 Å². The van der Waals surface area contributed by atoms with E-state index in [1.807, 2.05) is 6.92 Å². The molecule has 0 saturated heterocycles. The van der Waals surface area contributed by atoms with Gasteiger partial charge in [-0.3, -0.25) is 0 Å². The Morgan fingerprint density at radius 2 is 2.00 bits per heavy atom. The Labute approximate surface area is 108 Å². The molecule has 0 saturated carbocycles. The lowest BCUT2D eigenvalue weighted by molar-refractivity contribution is 0.521. The summed E-state index contributed by atoms with van der Waals surface area (Å²) in [5, 5.41) is 3.62. The molecular weight excluding hydrogens is 260 g/mol. The molecule has 0 spiro atoms. The highest BCUT2D eigenvalue weighted by Gasteiger charge is 2.18. The van der Waals surface area contributed by atoms with Crippen molar-refractivity contribution in [2.24, 2.45) is 0 Å². The summed E-state index contributed by atoms with van der Waals surface area (Å²) in [5.41, 5.74) is 0.649. The first-order valence-corrected chi connectivity index (χ1v) is 7.17. The maximum absolute atomic E-state index is 11.9. The van der Waals surface area contributed by atoms with E-state index >= 15 is 0 Å². The normalized spacial score (nSPS) is 11.8. The lowest BCUT2D eigenvalue weighted by Gasteiger charge is -2.13. The molecule has 1 aromatic rings. The summed E-state index contributed by atoms with van der Waals surface area (Å²) in [6, 6.07) is 4.66. The lowest BCUT2D eigenvalue weighted by Crippen LogP contribution is -2.22. The van der Waals surface area contributed by atoms with Crippen LogP contribution in [0.2, 0.25) is 5.02 Å². The van der Waals surface area contributed by atoms with Crippen LogP contribution in [0.5, 0.6) is 0 Å². The minimum Gasteiger partial charge on any atom is -0.384 e. The zero-order valence-electron chi connectivity index (χ0n) is 10.2. The third-order valence-corrected chi connectivity index (χ3v) is 4.42. The predicted octanol–water partition coefficient (Wildman–Crippen LogP) is 2.41. The standard InChI is InChI=1S/C11H17ClN2O2S/c1-4-7-13-11-8-9(5-6-10(11)12)17(15,16)14(2)3/h5-6,8,13H,4,7H2,1-3H3. The van der Waals surface area contributed by atoms with E-state index in [1.54, 1.807) is 12.1 Å². The van der Waals surface area contributed by atoms with Crippen molar-refractivity contribution in [1.29, 1.82) is 0 Å². The molecule has 0 aliphatic carbocycles. The van der Waals surface area contributed by atoms with Gasteiger partial charge in [-0.15, -0.1) is 0 Å². The Hall–Kier alpha value is -0.780. The Morgan fingerprint density at radius 3 is 2.53 bits per heavy atom. The molecule has 4 nitrogen and oxygen atoms in total. The first kappa shape index (κ1) is 14.3. The zero-order valence-corrected chi connectivity index (χ0v) is 11.8. The molecule has 0 unspecified atom stereocenters. The van der Waals surface area contributed by atoms with Crippen molar-refractivity contribution in [2.75, 3.05) is 26.0 Å². The SMILES string of the molecule is CCCNc1cc(S(=O)(=O)N(C)C)ccc1Cl. The van der Waals surface area contributed by atoms with Gasteiger partial charge in [0.25, 0.3) is 0 Å². The van der Waals surface area contributed by atoms with E-state index in [2.05, 4.69) is 5.32 Å². The Bertz CT molecular complexity index is 486. The molecule has 0 aromatic heterocycles. The molecule has 0 fully saturated rings. The number of sulfonamides is 1. The smallest absolute Gasteiger partial charge is 0.242 e. The Morgan fingerprint density at radius 1 is 1.35 bits per heavy atom. The second-order valence-corrected chi connectivity index (χ2v) is 6.41. The lowest BCUT2D eigenvalue weighted by atomic mass is 10.3. The molecule has 0 radical (unpaired) electrons. The highest BCUT2D eigenvalue weighted by atomic mass is 35.5. The summed E-state index contributed by atoms with van der Waals surface area (Å²) in [7, 11) is -0.400. The van der Waals surface area contributed by atoms with Gasteiger partial charge in [-0.05, 0) is 24.6 Å². The van der Waals surface area contributed by atoms with Crippen LogP contribution in [0, 0.1) is 0 Å². The quantitative estimate of drug-likeness (QED) is 0.898. The van der Waals surface area contributed by atoms with E-state index in [1.165, 1.54) is 24.5 Å². The number of benzene rings is 1. The molecule has 0 amide bonds. The number of nitrogens with zero attached hydrogens (tertiary/aromatic N) is 1. The molecule has 0 bridgehead atoms. The van der Waals surface area contributed by atoms with Gasteiger partial charge in [-0.25, -0.2) is 12.7 Å². The van der Waals surface area contributed by atoms with E-state index in [0.717, 1.165) is 13.0 Å². The molecular formula is C11H17ClN2O2S. The van der Waals surface area contributed by atoms with Crippen LogP contribution in [-0.2, 0) is 10.0 Å². The highest BCUT2D eigenvalue weighted by molar-refractivity contribution is 7.89.